The van der Waals surface area contributed by atoms with Gasteiger partial charge < -0.3 is 10.1 Å². The number of rotatable bonds is 5. The van der Waals surface area contributed by atoms with Crippen molar-refractivity contribution in [3.63, 3.8) is 0 Å². The van der Waals surface area contributed by atoms with E-state index in [2.05, 4.69) is 10.3 Å². The third-order valence-electron chi connectivity index (χ3n) is 4.68. The molecule has 1 N–H and O–H groups in total. The van der Waals surface area contributed by atoms with Gasteiger partial charge in [-0.2, -0.15) is 13.2 Å². The normalized spacial score (nSPS) is 11.6. The van der Waals surface area contributed by atoms with Gasteiger partial charge in [-0.25, -0.2) is 4.98 Å². The number of nitrogens with one attached hydrogen (secondary N) is 1. The molecular formula is C22H18F3N3O. The highest BCUT2D eigenvalue weighted by molar-refractivity contribution is 5.81. The molecule has 0 radical (unpaired) electrons. The molecule has 0 amide bonds. The number of anilines is 1. The zero-order chi connectivity index (χ0) is 20.4. The SMILES string of the molecule is COc1ccc(-n2cnc3cc(NCc4ccc(C(F)(F)F)cc4)ccc32)cc1. The molecule has 29 heavy (non-hydrogen) atoms. The molecule has 4 rings (SSSR count). The maximum Gasteiger partial charge on any atom is 0.416 e. The number of hydrogen-bond donors (Lipinski definition) is 1. The fourth-order valence-corrected chi connectivity index (χ4v) is 3.09. The number of halogens is 3. The molecule has 0 fully saturated rings. The first-order valence-electron chi connectivity index (χ1n) is 8.95. The van der Waals surface area contributed by atoms with E-state index in [4.69, 9.17) is 4.74 Å². The van der Waals surface area contributed by atoms with Crippen molar-refractivity contribution < 1.29 is 17.9 Å². The van der Waals surface area contributed by atoms with Crippen LogP contribution in [-0.2, 0) is 12.7 Å². The molecule has 0 bridgehead atoms. The predicted molar refractivity (Wildman–Crippen MR) is 106 cm³/mol. The minimum Gasteiger partial charge on any atom is -0.497 e. The molecule has 7 heteroatoms. The number of alkyl halides is 3. The number of methoxy groups -OCH3 is 1. The van der Waals surface area contributed by atoms with E-state index < -0.39 is 11.7 Å². The van der Waals surface area contributed by atoms with Gasteiger partial charge in [-0.05, 0) is 60.2 Å². The molecule has 0 aliphatic heterocycles. The molecule has 1 heterocycles. The molecule has 0 spiro atoms. The molecule has 148 valence electrons. The van der Waals surface area contributed by atoms with Crippen LogP contribution in [0.3, 0.4) is 0 Å². The summed E-state index contributed by atoms with van der Waals surface area (Å²) < 4.78 is 45.1. The Hall–Kier alpha value is -3.48. The Labute approximate surface area is 165 Å². The molecule has 0 atom stereocenters. The standard InChI is InChI=1S/C22H18F3N3O/c1-29-19-9-7-18(8-10-19)28-14-27-20-12-17(6-11-21(20)28)26-13-15-2-4-16(5-3-15)22(23,24)25/h2-12,14,26H,13H2,1H3. The lowest BCUT2D eigenvalue weighted by Gasteiger charge is -2.10. The average molecular weight is 397 g/mol. The molecule has 4 nitrogen and oxygen atoms in total. The van der Waals surface area contributed by atoms with Crippen molar-refractivity contribution in [2.45, 2.75) is 12.7 Å². The minimum atomic E-state index is -4.32. The summed E-state index contributed by atoms with van der Waals surface area (Å²) in [5, 5.41) is 3.23. The maximum atomic E-state index is 12.7. The molecule has 0 aliphatic carbocycles. The largest absolute Gasteiger partial charge is 0.497 e. The zero-order valence-electron chi connectivity index (χ0n) is 15.6. The van der Waals surface area contributed by atoms with E-state index in [1.54, 1.807) is 13.4 Å². The van der Waals surface area contributed by atoms with Crippen molar-refractivity contribution in [1.82, 2.24) is 9.55 Å². The van der Waals surface area contributed by atoms with Gasteiger partial charge in [-0.3, -0.25) is 4.57 Å². The number of hydrogen-bond acceptors (Lipinski definition) is 3. The monoisotopic (exact) mass is 397 g/mol. The average Bonchev–Trinajstić information content (AvgIpc) is 3.15. The summed E-state index contributed by atoms with van der Waals surface area (Å²) >= 11 is 0. The lowest BCUT2D eigenvalue weighted by atomic mass is 10.1. The second kappa shape index (κ2) is 7.50. The van der Waals surface area contributed by atoms with Gasteiger partial charge in [0.15, 0.2) is 0 Å². The minimum absolute atomic E-state index is 0.419. The van der Waals surface area contributed by atoms with Crippen LogP contribution in [0.25, 0.3) is 16.7 Å². The Bertz CT molecular complexity index is 1120. The van der Waals surface area contributed by atoms with Gasteiger partial charge in [0.2, 0.25) is 0 Å². The smallest absolute Gasteiger partial charge is 0.416 e. The van der Waals surface area contributed by atoms with E-state index in [0.29, 0.717) is 6.54 Å². The van der Waals surface area contributed by atoms with Crippen LogP contribution in [0, 0.1) is 0 Å². The first kappa shape index (κ1) is 18.9. The summed E-state index contributed by atoms with van der Waals surface area (Å²) in [6.07, 6.45) is -2.56. The molecule has 4 aromatic rings. The van der Waals surface area contributed by atoms with Crippen LogP contribution in [0.1, 0.15) is 11.1 Å². The summed E-state index contributed by atoms with van der Waals surface area (Å²) in [7, 11) is 1.63. The van der Waals surface area contributed by atoms with Crippen LogP contribution in [0.15, 0.2) is 73.1 Å². The van der Waals surface area contributed by atoms with Crippen LogP contribution >= 0.6 is 0 Å². The first-order chi connectivity index (χ1) is 13.9. The second-order valence-corrected chi connectivity index (χ2v) is 6.56. The van der Waals surface area contributed by atoms with Crippen molar-refractivity contribution in [3.05, 3.63) is 84.2 Å². The highest BCUT2D eigenvalue weighted by Crippen LogP contribution is 2.29. The van der Waals surface area contributed by atoms with Crippen LogP contribution in [0.5, 0.6) is 5.75 Å². The van der Waals surface area contributed by atoms with Gasteiger partial charge in [0.25, 0.3) is 0 Å². The number of aromatic nitrogens is 2. The van der Waals surface area contributed by atoms with Crippen LogP contribution in [0.2, 0.25) is 0 Å². The first-order valence-corrected chi connectivity index (χ1v) is 8.95. The van der Waals surface area contributed by atoms with Crippen LogP contribution in [-0.4, -0.2) is 16.7 Å². The van der Waals surface area contributed by atoms with E-state index >= 15 is 0 Å². The Morgan fingerprint density at radius 1 is 0.966 bits per heavy atom. The molecule has 0 aliphatic rings. The number of ether oxygens (including phenoxy) is 1. The van der Waals surface area contributed by atoms with Gasteiger partial charge in [-0.15, -0.1) is 0 Å². The molecule has 0 saturated heterocycles. The summed E-state index contributed by atoms with van der Waals surface area (Å²) in [6.45, 7) is 0.419. The van der Waals surface area contributed by atoms with Gasteiger partial charge >= 0.3 is 6.18 Å². The summed E-state index contributed by atoms with van der Waals surface area (Å²) in [4.78, 5) is 4.46. The topological polar surface area (TPSA) is 39.1 Å². The number of benzene rings is 3. The number of fused-ring (bicyclic) bond motifs is 1. The van der Waals surface area contributed by atoms with Crippen molar-refractivity contribution in [3.8, 4) is 11.4 Å². The van der Waals surface area contributed by atoms with Gasteiger partial charge in [0, 0.05) is 17.9 Å². The lowest BCUT2D eigenvalue weighted by molar-refractivity contribution is -0.137. The van der Waals surface area contributed by atoms with Gasteiger partial charge in [0.1, 0.15) is 12.1 Å². The zero-order valence-corrected chi connectivity index (χ0v) is 15.6. The number of nitrogens with zero attached hydrogens (tertiary/aromatic N) is 2. The third-order valence-corrected chi connectivity index (χ3v) is 4.68. The summed E-state index contributed by atoms with van der Waals surface area (Å²) in [5.74, 6) is 0.785. The van der Waals surface area contributed by atoms with E-state index in [0.717, 1.165) is 45.9 Å². The fraction of sp³-hybridized carbons (Fsp3) is 0.136. The molecular weight excluding hydrogens is 379 g/mol. The van der Waals surface area contributed by atoms with Crippen molar-refractivity contribution in [2.75, 3.05) is 12.4 Å². The quantitative estimate of drug-likeness (QED) is 0.472. The molecule has 3 aromatic carbocycles. The highest BCUT2D eigenvalue weighted by atomic mass is 19.4. The summed E-state index contributed by atoms with van der Waals surface area (Å²) in [6, 6.07) is 18.6. The van der Waals surface area contributed by atoms with Crippen molar-refractivity contribution in [1.29, 1.82) is 0 Å². The summed E-state index contributed by atoms with van der Waals surface area (Å²) in [5.41, 5.74) is 3.71. The predicted octanol–water partition coefficient (Wildman–Crippen LogP) is 5.67. The van der Waals surface area contributed by atoms with E-state index in [-0.39, 0.29) is 0 Å². The molecule has 0 saturated carbocycles. The molecule has 1 aromatic heterocycles. The van der Waals surface area contributed by atoms with Crippen LogP contribution in [0.4, 0.5) is 18.9 Å². The van der Waals surface area contributed by atoms with Gasteiger partial charge in [0.05, 0.1) is 23.7 Å². The van der Waals surface area contributed by atoms with Gasteiger partial charge in [-0.1, -0.05) is 12.1 Å². The van der Waals surface area contributed by atoms with Crippen LogP contribution < -0.4 is 10.1 Å². The Balaban J connectivity index is 1.49. The van der Waals surface area contributed by atoms with Crippen molar-refractivity contribution >= 4 is 16.7 Å². The lowest BCUT2D eigenvalue weighted by Crippen LogP contribution is -2.05. The number of imidazole rings is 1. The second-order valence-electron chi connectivity index (χ2n) is 6.56. The maximum absolute atomic E-state index is 12.7. The van der Waals surface area contributed by atoms with E-state index in [9.17, 15) is 13.2 Å². The third kappa shape index (κ3) is 4.03. The van der Waals surface area contributed by atoms with E-state index in [1.807, 2.05) is 47.0 Å². The van der Waals surface area contributed by atoms with Crippen molar-refractivity contribution in [2.24, 2.45) is 0 Å². The fourth-order valence-electron chi connectivity index (χ4n) is 3.09. The van der Waals surface area contributed by atoms with E-state index in [1.165, 1.54) is 12.1 Å². The highest BCUT2D eigenvalue weighted by Gasteiger charge is 2.29. The Morgan fingerprint density at radius 3 is 2.34 bits per heavy atom. The Morgan fingerprint density at radius 2 is 1.69 bits per heavy atom. The molecule has 0 unspecified atom stereocenters. The Kier molecular flexibility index (Phi) is 4.88.